The second-order valence-electron chi connectivity index (χ2n) is 3.73. The van der Waals surface area contributed by atoms with Crippen LogP contribution in [0.25, 0.3) is 0 Å². The average molecular weight is 260 g/mol. The Hall–Kier alpha value is -0.950. The van der Waals surface area contributed by atoms with Gasteiger partial charge in [-0.25, -0.2) is 8.42 Å². The quantitative estimate of drug-likeness (QED) is 0.847. The summed E-state index contributed by atoms with van der Waals surface area (Å²) in [5.41, 5.74) is 1.01. The van der Waals surface area contributed by atoms with Crippen LogP contribution in [0.4, 0.5) is 5.69 Å². The molecule has 0 saturated carbocycles. The molecule has 2 rings (SSSR count). The molecular weight excluding hydrogens is 248 g/mol. The van der Waals surface area contributed by atoms with Gasteiger partial charge in [-0.3, -0.25) is 9.52 Å². The fourth-order valence-electron chi connectivity index (χ4n) is 1.66. The van der Waals surface area contributed by atoms with Gasteiger partial charge in [-0.05, 0) is 13.0 Å². The van der Waals surface area contributed by atoms with E-state index in [4.69, 9.17) is 0 Å². The molecule has 0 aromatic carbocycles. The van der Waals surface area contributed by atoms with E-state index < -0.39 is 10.0 Å². The Morgan fingerprint density at radius 1 is 1.50 bits per heavy atom. The van der Waals surface area contributed by atoms with Gasteiger partial charge in [0.15, 0.2) is 0 Å². The van der Waals surface area contributed by atoms with Gasteiger partial charge in [0.25, 0.3) is 5.56 Å². The number of thioether (sulfide) groups is 1. The third kappa shape index (κ3) is 2.10. The van der Waals surface area contributed by atoms with Crippen LogP contribution in [-0.4, -0.2) is 25.0 Å². The predicted molar refractivity (Wildman–Crippen MR) is 64.6 cm³/mol. The summed E-state index contributed by atoms with van der Waals surface area (Å²) in [5.74, 6) is 0.803. The highest BCUT2D eigenvalue weighted by Gasteiger charge is 2.19. The summed E-state index contributed by atoms with van der Waals surface area (Å²) < 4.78 is 26.4. The van der Waals surface area contributed by atoms with Crippen molar-refractivity contribution >= 4 is 27.5 Å². The van der Waals surface area contributed by atoms with Gasteiger partial charge in [-0.2, -0.15) is 0 Å². The van der Waals surface area contributed by atoms with E-state index in [0.717, 1.165) is 12.0 Å². The second kappa shape index (κ2) is 3.81. The van der Waals surface area contributed by atoms with E-state index in [0.29, 0.717) is 22.8 Å². The molecule has 1 N–H and O–H groups in total. The maximum Gasteiger partial charge on any atom is 0.254 e. The maximum atomic E-state index is 11.8. The number of aromatic nitrogens is 1. The number of hydrogen-bond donors (Lipinski definition) is 1. The highest BCUT2D eigenvalue weighted by molar-refractivity contribution is 7.99. The molecule has 1 aliphatic rings. The largest absolute Gasteiger partial charge is 0.300 e. The first-order valence-corrected chi connectivity index (χ1v) is 7.61. The molecule has 1 aliphatic heterocycles. The lowest BCUT2D eigenvalue weighted by Gasteiger charge is -2.11. The van der Waals surface area contributed by atoms with Crippen LogP contribution < -0.4 is 10.3 Å². The average Bonchev–Trinajstić information content (AvgIpc) is 2.60. The number of anilines is 1. The van der Waals surface area contributed by atoms with Crippen LogP contribution in [0.3, 0.4) is 0 Å². The highest BCUT2D eigenvalue weighted by Crippen LogP contribution is 2.31. The molecule has 16 heavy (non-hydrogen) atoms. The molecule has 7 heteroatoms. The standard InChI is InChI=1S/C9H12N2O3S2/c1-6-5-7(10-16(2,13)14)9-11(8(6)12)3-4-15-9/h5,10H,3-4H2,1-2H3. The van der Waals surface area contributed by atoms with Crippen molar-refractivity contribution in [1.82, 2.24) is 4.57 Å². The van der Waals surface area contributed by atoms with E-state index >= 15 is 0 Å². The molecule has 0 spiro atoms. The van der Waals surface area contributed by atoms with E-state index in [2.05, 4.69) is 4.72 Å². The van der Waals surface area contributed by atoms with Crippen LogP contribution in [0, 0.1) is 6.92 Å². The fourth-order valence-corrected chi connectivity index (χ4v) is 3.34. The van der Waals surface area contributed by atoms with E-state index in [9.17, 15) is 13.2 Å². The minimum atomic E-state index is -3.31. The minimum absolute atomic E-state index is 0.0425. The molecule has 0 fully saturated rings. The summed E-state index contributed by atoms with van der Waals surface area (Å²) in [6.07, 6.45) is 1.10. The van der Waals surface area contributed by atoms with Crippen molar-refractivity contribution in [3.05, 3.63) is 22.0 Å². The van der Waals surface area contributed by atoms with Gasteiger partial charge in [-0.1, -0.05) is 0 Å². The number of aryl methyl sites for hydroxylation is 1. The summed E-state index contributed by atoms with van der Waals surface area (Å²) in [7, 11) is -3.31. The number of nitrogens with zero attached hydrogens (tertiary/aromatic N) is 1. The lowest BCUT2D eigenvalue weighted by Crippen LogP contribution is -2.23. The number of rotatable bonds is 2. The zero-order valence-corrected chi connectivity index (χ0v) is 10.6. The van der Waals surface area contributed by atoms with E-state index in [-0.39, 0.29) is 5.56 Å². The fraction of sp³-hybridized carbons (Fsp3) is 0.444. The summed E-state index contributed by atoms with van der Waals surface area (Å²) in [4.78, 5) is 11.8. The Labute approximate surface area is 97.9 Å². The van der Waals surface area contributed by atoms with E-state index in [1.807, 2.05) is 0 Å². The first kappa shape index (κ1) is 11.5. The Kier molecular flexibility index (Phi) is 2.75. The van der Waals surface area contributed by atoms with Crippen LogP contribution in [0.2, 0.25) is 0 Å². The van der Waals surface area contributed by atoms with E-state index in [1.54, 1.807) is 17.6 Å². The van der Waals surface area contributed by atoms with Crippen molar-refractivity contribution in [3.8, 4) is 0 Å². The smallest absolute Gasteiger partial charge is 0.254 e. The second-order valence-corrected chi connectivity index (χ2v) is 6.56. The molecule has 0 atom stereocenters. The monoisotopic (exact) mass is 260 g/mol. The maximum absolute atomic E-state index is 11.8. The van der Waals surface area contributed by atoms with Crippen molar-refractivity contribution < 1.29 is 8.42 Å². The molecule has 0 unspecified atom stereocenters. The molecule has 0 radical (unpaired) electrons. The van der Waals surface area contributed by atoms with Crippen LogP contribution >= 0.6 is 11.8 Å². The molecule has 0 bridgehead atoms. The number of pyridine rings is 1. The van der Waals surface area contributed by atoms with Crippen molar-refractivity contribution in [2.24, 2.45) is 0 Å². The number of sulfonamides is 1. The summed E-state index contributed by atoms with van der Waals surface area (Å²) >= 11 is 1.49. The Bertz CT molecular complexity index is 590. The van der Waals surface area contributed by atoms with Crippen LogP contribution in [0.5, 0.6) is 0 Å². The van der Waals surface area contributed by atoms with Gasteiger partial charge in [-0.15, -0.1) is 11.8 Å². The molecule has 0 amide bonds. The van der Waals surface area contributed by atoms with Gasteiger partial charge in [0, 0.05) is 17.9 Å². The molecule has 2 heterocycles. The molecular formula is C9H12N2O3S2. The topological polar surface area (TPSA) is 68.2 Å². The summed E-state index contributed by atoms with van der Waals surface area (Å²) in [5, 5.41) is 0.709. The van der Waals surface area contributed by atoms with Gasteiger partial charge in [0.05, 0.1) is 11.9 Å². The van der Waals surface area contributed by atoms with E-state index in [1.165, 1.54) is 11.8 Å². The number of fused-ring (bicyclic) bond motifs is 1. The third-order valence-electron chi connectivity index (χ3n) is 2.27. The summed E-state index contributed by atoms with van der Waals surface area (Å²) in [6.45, 7) is 2.32. The summed E-state index contributed by atoms with van der Waals surface area (Å²) in [6, 6.07) is 1.59. The lowest BCUT2D eigenvalue weighted by molar-refractivity contribution is 0.606. The first-order chi connectivity index (χ1) is 7.38. The van der Waals surface area contributed by atoms with Gasteiger partial charge in [0.1, 0.15) is 5.03 Å². The normalized spacial score (nSPS) is 14.9. The molecule has 88 valence electrons. The molecule has 1 aromatic heterocycles. The van der Waals surface area contributed by atoms with Gasteiger partial charge in [0.2, 0.25) is 10.0 Å². The van der Waals surface area contributed by atoms with Crippen molar-refractivity contribution in [2.45, 2.75) is 18.5 Å². The Morgan fingerprint density at radius 3 is 2.81 bits per heavy atom. The predicted octanol–water partition coefficient (Wildman–Crippen LogP) is 0.634. The van der Waals surface area contributed by atoms with Crippen molar-refractivity contribution in [2.75, 3.05) is 16.7 Å². The van der Waals surface area contributed by atoms with Gasteiger partial charge >= 0.3 is 0 Å². The highest BCUT2D eigenvalue weighted by atomic mass is 32.2. The molecule has 0 saturated heterocycles. The van der Waals surface area contributed by atoms with Crippen molar-refractivity contribution in [1.29, 1.82) is 0 Å². The van der Waals surface area contributed by atoms with Crippen LogP contribution in [0.15, 0.2) is 15.9 Å². The minimum Gasteiger partial charge on any atom is -0.300 e. The third-order valence-corrected chi connectivity index (χ3v) is 3.96. The van der Waals surface area contributed by atoms with Crippen LogP contribution in [0.1, 0.15) is 5.56 Å². The lowest BCUT2D eigenvalue weighted by atomic mass is 10.3. The van der Waals surface area contributed by atoms with Gasteiger partial charge < -0.3 is 4.57 Å². The zero-order chi connectivity index (χ0) is 11.9. The van der Waals surface area contributed by atoms with Crippen LogP contribution in [-0.2, 0) is 16.6 Å². The zero-order valence-electron chi connectivity index (χ0n) is 8.98. The Balaban J connectivity index is 2.60. The Morgan fingerprint density at radius 2 is 2.19 bits per heavy atom. The first-order valence-electron chi connectivity index (χ1n) is 4.73. The van der Waals surface area contributed by atoms with Crippen molar-refractivity contribution in [3.63, 3.8) is 0 Å². The number of hydrogen-bond acceptors (Lipinski definition) is 4. The molecule has 0 aliphatic carbocycles. The SMILES string of the molecule is Cc1cc(NS(C)(=O)=O)c2n(c1=O)CCS2. The number of nitrogens with one attached hydrogen (secondary N) is 1. The molecule has 1 aromatic rings. The molecule has 5 nitrogen and oxygen atoms in total.